The number of carbonyl (C=O) groups is 2. The Labute approximate surface area is 185 Å². The van der Waals surface area contributed by atoms with E-state index in [1.54, 1.807) is 0 Å². The minimum Gasteiger partial charge on any atom is -0.445 e. The molecule has 2 amide bonds. The fraction of sp³-hybridized carbons (Fsp3) is 0.462. The Balaban J connectivity index is 1.53. The van der Waals surface area contributed by atoms with Crippen LogP contribution >= 0.6 is 0 Å². The Morgan fingerprint density at radius 3 is 2.06 bits per heavy atom. The molecule has 1 fully saturated rings. The van der Waals surface area contributed by atoms with Crippen molar-refractivity contribution in [3.05, 3.63) is 71.8 Å². The highest BCUT2D eigenvalue weighted by molar-refractivity contribution is 5.86. The van der Waals surface area contributed by atoms with Crippen LogP contribution in [0, 0.1) is 11.3 Å². The molecule has 1 aliphatic heterocycles. The molecule has 1 aliphatic rings. The minimum absolute atomic E-state index is 0.0256. The molecule has 0 unspecified atom stereocenters. The maximum atomic E-state index is 13.3. The van der Waals surface area contributed by atoms with Crippen molar-refractivity contribution in [3.63, 3.8) is 0 Å². The molecule has 0 spiro atoms. The number of rotatable bonds is 6. The van der Waals surface area contributed by atoms with Crippen LogP contribution in [0.1, 0.15) is 44.7 Å². The molecule has 1 atom stereocenters. The maximum absolute atomic E-state index is 13.3. The highest BCUT2D eigenvalue weighted by Crippen LogP contribution is 2.26. The SMILES string of the molecule is CC(C)(C)[C@H](NC(=O)OCc1ccccc1)C(=O)N1CCC(Cc2ccccc2)CC1. The lowest BCUT2D eigenvalue weighted by atomic mass is 9.84. The quantitative estimate of drug-likeness (QED) is 0.727. The molecule has 1 heterocycles. The van der Waals surface area contributed by atoms with Gasteiger partial charge < -0.3 is 15.0 Å². The van der Waals surface area contributed by atoms with E-state index < -0.39 is 17.6 Å². The summed E-state index contributed by atoms with van der Waals surface area (Å²) in [6, 6.07) is 19.4. The fourth-order valence-corrected chi connectivity index (χ4v) is 4.02. The number of nitrogens with zero attached hydrogens (tertiary/aromatic N) is 1. The molecule has 0 radical (unpaired) electrons. The largest absolute Gasteiger partial charge is 0.445 e. The number of likely N-dealkylation sites (tertiary alicyclic amines) is 1. The van der Waals surface area contributed by atoms with Crippen LogP contribution in [0.4, 0.5) is 4.79 Å². The number of hydrogen-bond donors (Lipinski definition) is 1. The third-order valence-electron chi connectivity index (χ3n) is 5.88. The van der Waals surface area contributed by atoms with Crippen molar-refractivity contribution in [2.75, 3.05) is 13.1 Å². The van der Waals surface area contributed by atoms with Gasteiger partial charge in [-0.05, 0) is 41.7 Å². The van der Waals surface area contributed by atoms with Gasteiger partial charge in [-0.3, -0.25) is 4.79 Å². The smallest absolute Gasteiger partial charge is 0.408 e. The highest BCUT2D eigenvalue weighted by atomic mass is 16.5. The number of benzene rings is 2. The standard InChI is InChI=1S/C26H34N2O3/c1-26(2,3)23(27-25(30)31-19-22-12-8-5-9-13-22)24(29)28-16-14-21(15-17-28)18-20-10-6-4-7-11-20/h4-13,21,23H,14-19H2,1-3H3,(H,27,30)/t23-/m1/s1. The van der Waals surface area contributed by atoms with E-state index in [0.29, 0.717) is 5.92 Å². The zero-order valence-electron chi connectivity index (χ0n) is 18.8. The van der Waals surface area contributed by atoms with Gasteiger partial charge in [-0.15, -0.1) is 0 Å². The summed E-state index contributed by atoms with van der Waals surface area (Å²) >= 11 is 0. The molecule has 5 nitrogen and oxygen atoms in total. The van der Waals surface area contributed by atoms with E-state index in [2.05, 4.69) is 29.6 Å². The van der Waals surface area contributed by atoms with Crippen LogP contribution in [-0.4, -0.2) is 36.0 Å². The summed E-state index contributed by atoms with van der Waals surface area (Å²) in [5.41, 5.74) is 1.85. The maximum Gasteiger partial charge on any atom is 0.408 e. The number of alkyl carbamates (subject to hydrolysis) is 1. The van der Waals surface area contributed by atoms with Crippen molar-refractivity contribution in [2.24, 2.45) is 11.3 Å². The third-order valence-corrected chi connectivity index (χ3v) is 5.88. The van der Waals surface area contributed by atoms with E-state index in [4.69, 9.17) is 4.74 Å². The lowest BCUT2D eigenvalue weighted by Gasteiger charge is -2.38. The molecule has 2 aromatic rings. The first-order chi connectivity index (χ1) is 14.8. The molecular weight excluding hydrogens is 388 g/mol. The van der Waals surface area contributed by atoms with Crippen molar-refractivity contribution in [1.29, 1.82) is 0 Å². The molecule has 0 aromatic heterocycles. The molecule has 3 rings (SSSR count). The van der Waals surface area contributed by atoms with Crippen molar-refractivity contribution >= 4 is 12.0 Å². The fourth-order valence-electron chi connectivity index (χ4n) is 4.02. The summed E-state index contributed by atoms with van der Waals surface area (Å²) in [4.78, 5) is 27.6. The average molecular weight is 423 g/mol. The Bertz CT molecular complexity index is 838. The Morgan fingerprint density at radius 1 is 0.968 bits per heavy atom. The summed E-state index contributed by atoms with van der Waals surface area (Å²) in [5, 5.41) is 2.82. The third kappa shape index (κ3) is 6.84. The predicted octanol–water partition coefficient (Wildman–Crippen LogP) is 4.81. The van der Waals surface area contributed by atoms with Gasteiger partial charge in [0.25, 0.3) is 0 Å². The van der Waals surface area contributed by atoms with Crippen LogP contribution in [0.2, 0.25) is 0 Å². The highest BCUT2D eigenvalue weighted by Gasteiger charge is 2.37. The summed E-state index contributed by atoms with van der Waals surface area (Å²) < 4.78 is 5.35. The van der Waals surface area contributed by atoms with Gasteiger partial charge in [-0.2, -0.15) is 0 Å². The van der Waals surface area contributed by atoms with E-state index in [9.17, 15) is 9.59 Å². The van der Waals surface area contributed by atoms with Crippen molar-refractivity contribution in [2.45, 2.75) is 52.7 Å². The molecule has 31 heavy (non-hydrogen) atoms. The number of carbonyl (C=O) groups excluding carboxylic acids is 2. The van der Waals surface area contributed by atoms with E-state index >= 15 is 0 Å². The van der Waals surface area contributed by atoms with Crippen LogP contribution in [0.5, 0.6) is 0 Å². The summed E-state index contributed by atoms with van der Waals surface area (Å²) in [6.07, 6.45) is 2.46. The topological polar surface area (TPSA) is 58.6 Å². The van der Waals surface area contributed by atoms with E-state index in [-0.39, 0.29) is 12.5 Å². The predicted molar refractivity (Wildman–Crippen MR) is 122 cm³/mol. The molecule has 0 bridgehead atoms. The van der Waals surface area contributed by atoms with Crippen LogP contribution in [0.15, 0.2) is 60.7 Å². The number of ether oxygens (including phenoxy) is 1. The number of piperidine rings is 1. The van der Waals surface area contributed by atoms with Gasteiger partial charge in [0.15, 0.2) is 0 Å². The van der Waals surface area contributed by atoms with Gasteiger partial charge in [0.05, 0.1) is 0 Å². The first-order valence-electron chi connectivity index (χ1n) is 11.1. The normalized spacial score (nSPS) is 15.9. The van der Waals surface area contributed by atoms with Crippen molar-refractivity contribution in [3.8, 4) is 0 Å². The Morgan fingerprint density at radius 2 is 1.52 bits per heavy atom. The monoisotopic (exact) mass is 422 g/mol. The summed E-state index contributed by atoms with van der Waals surface area (Å²) in [5.74, 6) is 0.561. The van der Waals surface area contributed by atoms with Crippen molar-refractivity contribution < 1.29 is 14.3 Å². The minimum atomic E-state index is -0.624. The van der Waals surface area contributed by atoms with Gasteiger partial charge in [-0.1, -0.05) is 81.4 Å². The second-order valence-corrected chi connectivity index (χ2v) is 9.46. The molecule has 0 aliphatic carbocycles. The van der Waals surface area contributed by atoms with Gasteiger partial charge >= 0.3 is 6.09 Å². The summed E-state index contributed by atoms with van der Waals surface area (Å²) in [7, 11) is 0. The lowest BCUT2D eigenvalue weighted by Crippen LogP contribution is -2.56. The molecule has 5 heteroatoms. The van der Waals surface area contributed by atoms with Crippen molar-refractivity contribution in [1.82, 2.24) is 10.2 Å². The van der Waals surface area contributed by atoms with Gasteiger partial charge in [0.2, 0.25) is 5.91 Å². The van der Waals surface area contributed by atoms with E-state index in [0.717, 1.165) is 37.9 Å². The van der Waals surface area contributed by atoms with Crippen LogP contribution < -0.4 is 5.32 Å². The van der Waals surface area contributed by atoms with Crippen LogP contribution in [0.25, 0.3) is 0 Å². The zero-order chi connectivity index (χ0) is 22.3. The Hall–Kier alpha value is -2.82. The van der Waals surface area contributed by atoms with E-state index in [1.807, 2.05) is 62.1 Å². The van der Waals surface area contributed by atoms with Gasteiger partial charge in [0.1, 0.15) is 12.6 Å². The van der Waals surface area contributed by atoms with Gasteiger partial charge in [0, 0.05) is 13.1 Å². The summed E-state index contributed by atoms with van der Waals surface area (Å²) in [6.45, 7) is 7.54. The van der Waals surface area contributed by atoms with Crippen LogP contribution in [-0.2, 0) is 22.6 Å². The average Bonchev–Trinajstić information content (AvgIpc) is 2.77. The Kier molecular flexibility index (Phi) is 7.72. The van der Waals surface area contributed by atoms with Crippen LogP contribution in [0.3, 0.4) is 0 Å². The first-order valence-corrected chi connectivity index (χ1v) is 11.1. The number of amides is 2. The molecule has 166 valence electrons. The molecular formula is C26H34N2O3. The molecule has 0 saturated carbocycles. The lowest BCUT2D eigenvalue weighted by molar-refractivity contribution is -0.137. The van der Waals surface area contributed by atoms with Gasteiger partial charge in [-0.25, -0.2) is 4.79 Å². The zero-order valence-corrected chi connectivity index (χ0v) is 18.8. The van der Waals surface area contributed by atoms with E-state index in [1.165, 1.54) is 5.56 Å². The molecule has 1 N–H and O–H groups in total. The number of hydrogen-bond acceptors (Lipinski definition) is 3. The number of nitrogens with one attached hydrogen (secondary N) is 1. The first kappa shape index (κ1) is 22.9. The second kappa shape index (κ2) is 10.5. The molecule has 1 saturated heterocycles. The second-order valence-electron chi connectivity index (χ2n) is 9.46. The molecule has 2 aromatic carbocycles.